The van der Waals surface area contributed by atoms with Crippen molar-refractivity contribution in [3.8, 4) is 0 Å². The minimum Gasteiger partial charge on any atom is -0.349 e. The SMILES string of the molecule is Cc1cc(Cl)ccc1S(=O)(=O)NCCc1ncc[nH]1. The number of sulfonamides is 1. The summed E-state index contributed by atoms with van der Waals surface area (Å²) in [6, 6.07) is 4.70. The minimum absolute atomic E-state index is 0.247. The van der Waals surface area contributed by atoms with Crippen LogP contribution in [-0.2, 0) is 16.4 Å². The number of H-pyrrole nitrogens is 1. The molecule has 2 N–H and O–H groups in total. The topological polar surface area (TPSA) is 74.8 Å². The lowest BCUT2D eigenvalue weighted by atomic mass is 10.2. The molecule has 1 aromatic heterocycles. The van der Waals surface area contributed by atoms with Gasteiger partial charge >= 0.3 is 0 Å². The predicted molar refractivity (Wildman–Crippen MR) is 73.7 cm³/mol. The van der Waals surface area contributed by atoms with Gasteiger partial charge in [-0.2, -0.15) is 0 Å². The number of rotatable bonds is 5. The summed E-state index contributed by atoms with van der Waals surface area (Å²) in [6.07, 6.45) is 3.85. The Morgan fingerprint density at radius 3 is 2.84 bits per heavy atom. The van der Waals surface area contributed by atoms with Crippen LogP contribution in [0.4, 0.5) is 0 Å². The molecule has 5 nitrogen and oxygen atoms in total. The highest BCUT2D eigenvalue weighted by Gasteiger charge is 2.16. The summed E-state index contributed by atoms with van der Waals surface area (Å²) in [5, 5.41) is 0.520. The largest absolute Gasteiger partial charge is 0.349 e. The van der Waals surface area contributed by atoms with E-state index < -0.39 is 10.0 Å². The molecule has 0 fully saturated rings. The van der Waals surface area contributed by atoms with E-state index in [2.05, 4.69) is 14.7 Å². The average molecular weight is 300 g/mol. The highest BCUT2D eigenvalue weighted by molar-refractivity contribution is 7.89. The van der Waals surface area contributed by atoms with Gasteiger partial charge in [0.2, 0.25) is 10.0 Å². The van der Waals surface area contributed by atoms with Crippen molar-refractivity contribution in [1.82, 2.24) is 14.7 Å². The molecule has 0 saturated carbocycles. The van der Waals surface area contributed by atoms with Gasteiger partial charge in [0.05, 0.1) is 4.90 Å². The molecule has 0 bridgehead atoms. The fourth-order valence-corrected chi connectivity index (χ4v) is 3.21. The molecule has 0 radical (unpaired) electrons. The Balaban J connectivity index is 2.05. The number of aromatic nitrogens is 2. The number of halogens is 1. The quantitative estimate of drug-likeness (QED) is 0.885. The number of hydrogen-bond donors (Lipinski definition) is 2. The van der Waals surface area contributed by atoms with Gasteiger partial charge in [0.25, 0.3) is 0 Å². The molecular formula is C12H14ClN3O2S. The highest BCUT2D eigenvalue weighted by atomic mass is 35.5. The molecule has 0 unspecified atom stereocenters. The van der Waals surface area contributed by atoms with E-state index in [1.54, 1.807) is 31.5 Å². The van der Waals surface area contributed by atoms with E-state index in [1.807, 2.05) is 0 Å². The number of imidazole rings is 1. The summed E-state index contributed by atoms with van der Waals surface area (Å²) in [5.74, 6) is 0.746. The number of aromatic amines is 1. The first-order valence-electron chi connectivity index (χ1n) is 5.73. The van der Waals surface area contributed by atoms with Gasteiger partial charge in [0, 0.05) is 30.4 Å². The van der Waals surface area contributed by atoms with Gasteiger partial charge in [0.1, 0.15) is 5.82 Å². The maximum Gasteiger partial charge on any atom is 0.240 e. The monoisotopic (exact) mass is 299 g/mol. The van der Waals surface area contributed by atoms with Crippen molar-refractivity contribution >= 4 is 21.6 Å². The molecule has 0 aliphatic rings. The van der Waals surface area contributed by atoms with E-state index in [1.165, 1.54) is 6.07 Å². The average Bonchev–Trinajstić information content (AvgIpc) is 2.81. The van der Waals surface area contributed by atoms with Gasteiger partial charge in [-0.1, -0.05) is 11.6 Å². The smallest absolute Gasteiger partial charge is 0.240 e. The third-order valence-electron chi connectivity index (χ3n) is 2.64. The van der Waals surface area contributed by atoms with Crippen LogP contribution in [0.1, 0.15) is 11.4 Å². The molecule has 2 rings (SSSR count). The lowest BCUT2D eigenvalue weighted by molar-refractivity contribution is 0.580. The Kier molecular flexibility index (Phi) is 4.24. The van der Waals surface area contributed by atoms with Gasteiger partial charge in [-0.3, -0.25) is 0 Å². The second-order valence-corrected chi connectivity index (χ2v) is 6.27. The number of aryl methyl sites for hydroxylation is 1. The van der Waals surface area contributed by atoms with Crippen LogP contribution in [-0.4, -0.2) is 24.9 Å². The van der Waals surface area contributed by atoms with Crippen molar-refractivity contribution in [3.05, 3.63) is 47.0 Å². The summed E-state index contributed by atoms with van der Waals surface area (Å²) in [7, 11) is -3.51. The summed E-state index contributed by atoms with van der Waals surface area (Å²) in [5.41, 5.74) is 0.623. The first-order valence-corrected chi connectivity index (χ1v) is 7.59. The molecule has 1 aromatic carbocycles. The fourth-order valence-electron chi connectivity index (χ4n) is 1.73. The second-order valence-electron chi connectivity index (χ2n) is 4.09. The molecule has 0 saturated heterocycles. The third-order valence-corrected chi connectivity index (χ3v) is 4.49. The van der Waals surface area contributed by atoms with Gasteiger partial charge in [-0.15, -0.1) is 0 Å². The maximum absolute atomic E-state index is 12.1. The first kappa shape index (κ1) is 14.0. The molecule has 19 heavy (non-hydrogen) atoms. The summed E-state index contributed by atoms with van der Waals surface area (Å²) in [4.78, 5) is 7.20. The number of nitrogens with one attached hydrogen (secondary N) is 2. The van der Waals surface area contributed by atoms with E-state index in [-0.39, 0.29) is 11.4 Å². The van der Waals surface area contributed by atoms with Gasteiger partial charge < -0.3 is 4.98 Å². The van der Waals surface area contributed by atoms with Crippen LogP contribution in [0.25, 0.3) is 0 Å². The van der Waals surface area contributed by atoms with Crippen molar-refractivity contribution in [1.29, 1.82) is 0 Å². The number of hydrogen-bond acceptors (Lipinski definition) is 3. The minimum atomic E-state index is -3.51. The van der Waals surface area contributed by atoms with Gasteiger partial charge in [0.15, 0.2) is 0 Å². The maximum atomic E-state index is 12.1. The Bertz CT molecular complexity index is 654. The Morgan fingerprint density at radius 1 is 1.42 bits per heavy atom. The zero-order valence-corrected chi connectivity index (χ0v) is 11.9. The third kappa shape index (κ3) is 3.56. The van der Waals surface area contributed by atoms with Crippen LogP contribution in [0.15, 0.2) is 35.5 Å². The van der Waals surface area contributed by atoms with E-state index in [0.29, 0.717) is 17.0 Å². The van der Waals surface area contributed by atoms with Crippen molar-refractivity contribution in [2.45, 2.75) is 18.2 Å². The van der Waals surface area contributed by atoms with Crippen LogP contribution in [0.2, 0.25) is 5.02 Å². The lowest BCUT2D eigenvalue weighted by Crippen LogP contribution is -2.26. The van der Waals surface area contributed by atoms with Crippen molar-refractivity contribution in [3.63, 3.8) is 0 Å². The summed E-state index contributed by atoms with van der Waals surface area (Å²) < 4.78 is 26.8. The van der Waals surface area contributed by atoms with E-state index in [0.717, 1.165) is 5.82 Å². The molecule has 7 heteroatoms. The van der Waals surface area contributed by atoms with E-state index in [9.17, 15) is 8.42 Å². The lowest BCUT2D eigenvalue weighted by Gasteiger charge is -2.09. The van der Waals surface area contributed by atoms with Crippen LogP contribution in [0.5, 0.6) is 0 Å². The van der Waals surface area contributed by atoms with Crippen molar-refractivity contribution in [2.75, 3.05) is 6.54 Å². The molecule has 0 amide bonds. The molecule has 0 aliphatic carbocycles. The highest BCUT2D eigenvalue weighted by Crippen LogP contribution is 2.19. The van der Waals surface area contributed by atoms with Crippen molar-refractivity contribution < 1.29 is 8.42 Å². The Hall–Kier alpha value is -1.37. The van der Waals surface area contributed by atoms with Crippen LogP contribution < -0.4 is 4.72 Å². The number of nitrogens with zero attached hydrogens (tertiary/aromatic N) is 1. The Labute approximate surface area is 117 Å². The molecule has 0 aliphatic heterocycles. The second kappa shape index (κ2) is 5.73. The molecule has 1 heterocycles. The molecule has 2 aromatic rings. The van der Waals surface area contributed by atoms with Crippen LogP contribution >= 0.6 is 11.6 Å². The van der Waals surface area contributed by atoms with Gasteiger partial charge in [-0.25, -0.2) is 18.1 Å². The zero-order chi connectivity index (χ0) is 13.9. The van der Waals surface area contributed by atoms with Crippen LogP contribution in [0.3, 0.4) is 0 Å². The standard InChI is InChI=1S/C12H14ClN3O2S/c1-9-8-10(13)2-3-11(9)19(17,18)16-5-4-12-14-6-7-15-12/h2-3,6-8,16H,4-5H2,1H3,(H,14,15). The normalized spacial score (nSPS) is 11.7. The van der Waals surface area contributed by atoms with E-state index in [4.69, 9.17) is 11.6 Å². The molecule has 0 atom stereocenters. The molecule has 102 valence electrons. The number of benzene rings is 1. The fraction of sp³-hybridized carbons (Fsp3) is 0.250. The Morgan fingerprint density at radius 2 is 2.21 bits per heavy atom. The predicted octanol–water partition coefficient (Wildman–Crippen LogP) is 1.89. The van der Waals surface area contributed by atoms with Crippen LogP contribution in [0, 0.1) is 6.92 Å². The summed E-state index contributed by atoms with van der Waals surface area (Å²) >= 11 is 5.81. The zero-order valence-electron chi connectivity index (χ0n) is 10.4. The molecule has 0 spiro atoms. The summed E-state index contributed by atoms with van der Waals surface area (Å²) in [6.45, 7) is 2.00. The molecular weight excluding hydrogens is 286 g/mol. The van der Waals surface area contributed by atoms with Crippen molar-refractivity contribution in [2.24, 2.45) is 0 Å². The van der Waals surface area contributed by atoms with E-state index >= 15 is 0 Å². The first-order chi connectivity index (χ1) is 8.99. The van der Waals surface area contributed by atoms with Gasteiger partial charge in [-0.05, 0) is 30.7 Å².